The Labute approximate surface area is 226 Å². The van der Waals surface area contributed by atoms with Gasteiger partial charge in [0.05, 0.1) is 42.8 Å². The molecule has 8 nitrogen and oxygen atoms in total. The summed E-state index contributed by atoms with van der Waals surface area (Å²) in [6.45, 7) is 9.28. The summed E-state index contributed by atoms with van der Waals surface area (Å²) < 4.78 is 24.7. The Kier molecular flexibility index (Phi) is 7.11. The summed E-state index contributed by atoms with van der Waals surface area (Å²) in [5, 5.41) is 5.79. The second-order valence-corrected chi connectivity index (χ2v) is 10.3. The van der Waals surface area contributed by atoms with Gasteiger partial charge >= 0.3 is 0 Å². The molecule has 5 rings (SSSR count). The van der Waals surface area contributed by atoms with Crippen LogP contribution in [0.25, 0.3) is 33.5 Å². The Morgan fingerprint density at radius 1 is 0.949 bits per heavy atom. The van der Waals surface area contributed by atoms with Crippen LogP contribution < -0.4 is 19.8 Å². The molecule has 0 amide bonds. The number of hydrogen-bond donors (Lipinski definition) is 0. The van der Waals surface area contributed by atoms with Crippen LogP contribution in [-0.4, -0.2) is 36.2 Å². The molecule has 8 heteroatoms. The van der Waals surface area contributed by atoms with Crippen molar-refractivity contribution in [3.05, 3.63) is 82.6 Å². The minimum Gasteiger partial charge on any atom is -0.496 e. The average Bonchev–Trinajstić information content (AvgIpc) is 3.36. The largest absolute Gasteiger partial charge is 0.496 e. The lowest BCUT2D eigenvalue weighted by molar-refractivity contribution is 0.188. The SMILES string of the molecule is CCOc1cc(C=Nn2c(-c3cc4c(OC)cccc4o3)nc3ccccc3c2=O)ccc1OCC(C)(C)C. The van der Waals surface area contributed by atoms with Crippen LogP contribution in [0.2, 0.25) is 0 Å². The molecule has 0 N–H and O–H groups in total. The monoisotopic (exact) mass is 525 g/mol. The first kappa shape index (κ1) is 26.0. The van der Waals surface area contributed by atoms with Gasteiger partial charge in [0.15, 0.2) is 17.3 Å². The van der Waals surface area contributed by atoms with Crippen LogP contribution in [0.1, 0.15) is 33.3 Å². The fraction of sp³-hybridized carbons (Fsp3) is 0.258. The van der Waals surface area contributed by atoms with Gasteiger partial charge in [0.25, 0.3) is 5.56 Å². The molecule has 2 aromatic heterocycles. The van der Waals surface area contributed by atoms with Crippen molar-refractivity contribution in [1.82, 2.24) is 9.66 Å². The molecule has 39 heavy (non-hydrogen) atoms. The van der Waals surface area contributed by atoms with Crippen molar-refractivity contribution in [2.75, 3.05) is 20.3 Å². The number of benzene rings is 3. The van der Waals surface area contributed by atoms with E-state index < -0.39 is 0 Å². The lowest BCUT2D eigenvalue weighted by Crippen LogP contribution is -2.20. The van der Waals surface area contributed by atoms with E-state index >= 15 is 0 Å². The zero-order valence-electron chi connectivity index (χ0n) is 22.7. The average molecular weight is 526 g/mol. The predicted molar refractivity (Wildman–Crippen MR) is 153 cm³/mol. The van der Waals surface area contributed by atoms with Gasteiger partial charge in [-0.25, -0.2) is 4.98 Å². The number of hydrogen-bond acceptors (Lipinski definition) is 7. The fourth-order valence-corrected chi connectivity index (χ4v) is 4.12. The van der Waals surface area contributed by atoms with Crippen molar-refractivity contribution < 1.29 is 18.6 Å². The van der Waals surface area contributed by atoms with Gasteiger partial charge in [-0.2, -0.15) is 9.78 Å². The van der Waals surface area contributed by atoms with Crippen LogP contribution in [0.4, 0.5) is 0 Å². The highest BCUT2D eigenvalue weighted by Gasteiger charge is 2.18. The molecule has 2 heterocycles. The van der Waals surface area contributed by atoms with Crippen molar-refractivity contribution in [2.45, 2.75) is 27.7 Å². The maximum atomic E-state index is 13.6. The Balaban J connectivity index is 1.60. The van der Waals surface area contributed by atoms with Crippen LogP contribution in [0, 0.1) is 5.41 Å². The lowest BCUT2D eigenvalue weighted by Gasteiger charge is -2.20. The standard InChI is InChI=1S/C31H31N3O5/c1-6-37-27-16-20(14-15-26(27)38-19-31(2,3)4)18-32-34-29(33-23-11-8-7-10-21(23)30(34)35)28-17-22-24(36-5)12-9-13-25(22)39-28/h7-18H,6,19H2,1-5H3. The summed E-state index contributed by atoms with van der Waals surface area (Å²) in [6, 6.07) is 20.1. The van der Waals surface area contributed by atoms with Crippen LogP contribution in [0.5, 0.6) is 17.2 Å². The molecular weight excluding hydrogens is 494 g/mol. The highest BCUT2D eigenvalue weighted by atomic mass is 16.5. The molecule has 0 saturated heterocycles. The second kappa shape index (κ2) is 10.6. The summed E-state index contributed by atoms with van der Waals surface area (Å²) in [5.41, 5.74) is 1.60. The van der Waals surface area contributed by atoms with E-state index in [2.05, 4.69) is 25.9 Å². The van der Waals surface area contributed by atoms with Gasteiger partial charge < -0.3 is 18.6 Å². The van der Waals surface area contributed by atoms with E-state index in [0.717, 1.165) is 10.9 Å². The molecule has 0 fully saturated rings. The summed E-state index contributed by atoms with van der Waals surface area (Å²) in [5.74, 6) is 2.61. The minimum absolute atomic E-state index is 0.00490. The summed E-state index contributed by atoms with van der Waals surface area (Å²) in [6.07, 6.45) is 1.60. The number of para-hydroxylation sites is 1. The number of aromatic nitrogens is 2. The summed E-state index contributed by atoms with van der Waals surface area (Å²) in [4.78, 5) is 18.3. The van der Waals surface area contributed by atoms with E-state index in [1.54, 1.807) is 31.5 Å². The van der Waals surface area contributed by atoms with Gasteiger partial charge in [0, 0.05) is 0 Å². The van der Waals surface area contributed by atoms with Gasteiger partial charge in [-0.3, -0.25) is 4.79 Å². The van der Waals surface area contributed by atoms with Crippen LogP contribution in [0.3, 0.4) is 0 Å². The Morgan fingerprint density at radius 2 is 1.77 bits per heavy atom. The van der Waals surface area contributed by atoms with E-state index in [-0.39, 0.29) is 16.8 Å². The summed E-state index contributed by atoms with van der Waals surface area (Å²) >= 11 is 0. The van der Waals surface area contributed by atoms with Gasteiger partial charge in [-0.1, -0.05) is 39.0 Å². The van der Waals surface area contributed by atoms with Gasteiger partial charge in [0.1, 0.15) is 11.3 Å². The molecule has 200 valence electrons. The molecular formula is C31H31N3O5. The molecule has 0 atom stereocenters. The first-order valence-corrected chi connectivity index (χ1v) is 12.8. The minimum atomic E-state index is -0.311. The van der Waals surface area contributed by atoms with E-state index in [4.69, 9.17) is 23.6 Å². The number of ether oxygens (including phenoxy) is 3. The molecule has 0 aliphatic rings. The zero-order chi connectivity index (χ0) is 27.6. The molecule has 3 aromatic carbocycles. The van der Waals surface area contributed by atoms with E-state index in [9.17, 15) is 4.79 Å². The number of furan rings is 1. The summed E-state index contributed by atoms with van der Waals surface area (Å²) in [7, 11) is 1.60. The Bertz CT molecular complexity index is 1730. The van der Waals surface area contributed by atoms with Gasteiger partial charge in [-0.15, -0.1) is 0 Å². The van der Waals surface area contributed by atoms with E-state index in [1.165, 1.54) is 4.68 Å². The van der Waals surface area contributed by atoms with Crippen molar-refractivity contribution >= 4 is 28.1 Å². The van der Waals surface area contributed by atoms with Crippen molar-refractivity contribution in [1.29, 1.82) is 0 Å². The smallest absolute Gasteiger partial charge is 0.282 e. The van der Waals surface area contributed by atoms with Gasteiger partial charge in [0.2, 0.25) is 5.82 Å². The number of rotatable bonds is 8. The Morgan fingerprint density at radius 3 is 2.54 bits per heavy atom. The number of methoxy groups -OCH3 is 1. The molecule has 0 aliphatic heterocycles. The predicted octanol–water partition coefficient (Wildman–Crippen LogP) is 6.52. The van der Waals surface area contributed by atoms with Gasteiger partial charge in [-0.05, 0) is 66.4 Å². The van der Waals surface area contributed by atoms with Crippen LogP contribution >= 0.6 is 0 Å². The van der Waals surface area contributed by atoms with Crippen LogP contribution in [0.15, 0.2) is 81.0 Å². The van der Waals surface area contributed by atoms with Crippen molar-refractivity contribution in [3.8, 4) is 28.8 Å². The molecule has 0 saturated carbocycles. The number of nitrogens with zero attached hydrogens (tertiary/aromatic N) is 3. The fourth-order valence-electron chi connectivity index (χ4n) is 4.12. The third kappa shape index (κ3) is 5.50. The topological polar surface area (TPSA) is 88.1 Å². The molecule has 0 radical (unpaired) electrons. The zero-order valence-corrected chi connectivity index (χ0v) is 22.7. The lowest BCUT2D eigenvalue weighted by atomic mass is 9.99. The molecule has 0 unspecified atom stereocenters. The maximum absolute atomic E-state index is 13.6. The molecule has 0 aliphatic carbocycles. The van der Waals surface area contributed by atoms with Crippen molar-refractivity contribution in [2.24, 2.45) is 10.5 Å². The van der Waals surface area contributed by atoms with Crippen LogP contribution in [-0.2, 0) is 0 Å². The second-order valence-electron chi connectivity index (χ2n) is 10.3. The number of fused-ring (bicyclic) bond motifs is 2. The first-order chi connectivity index (χ1) is 18.8. The van der Waals surface area contributed by atoms with E-state index in [1.807, 2.05) is 55.5 Å². The first-order valence-electron chi connectivity index (χ1n) is 12.8. The highest BCUT2D eigenvalue weighted by molar-refractivity contribution is 5.88. The maximum Gasteiger partial charge on any atom is 0.282 e. The third-order valence-corrected chi connectivity index (χ3v) is 5.97. The quantitative estimate of drug-likeness (QED) is 0.214. The molecule has 0 spiro atoms. The third-order valence-electron chi connectivity index (χ3n) is 5.97. The van der Waals surface area contributed by atoms with E-state index in [0.29, 0.717) is 52.7 Å². The van der Waals surface area contributed by atoms with Crippen molar-refractivity contribution in [3.63, 3.8) is 0 Å². The highest BCUT2D eigenvalue weighted by Crippen LogP contribution is 2.33. The molecule has 0 bridgehead atoms. The Hall–Kier alpha value is -4.59. The normalized spacial score (nSPS) is 11.9. The molecule has 5 aromatic rings.